The maximum absolute atomic E-state index is 4.58. The van der Waals surface area contributed by atoms with Crippen molar-refractivity contribution < 1.29 is 0 Å². The molecule has 6 aromatic rings. The van der Waals surface area contributed by atoms with Crippen molar-refractivity contribution in [3.8, 4) is 0 Å². The van der Waals surface area contributed by atoms with E-state index in [0.29, 0.717) is 0 Å². The molecule has 0 aliphatic carbocycles. The van der Waals surface area contributed by atoms with Crippen LogP contribution in [0.3, 0.4) is 0 Å². The van der Waals surface area contributed by atoms with Crippen LogP contribution < -0.4 is 0 Å². The van der Waals surface area contributed by atoms with Gasteiger partial charge in [-0.25, -0.2) is 9.97 Å². The van der Waals surface area contributed by atoms with Crippen LogP contribution >= 0.6 is 0 Å². The molecule has 0 aliphatic heterocycles. The molecule has 0 atom stereocenters. The molecule has 3 heterocycles. The first-order valence-corrected chi connectivity index (χ1v) is 8.94. The van der Waals surface area contributed by atoms with E-state index in [1.165, 1.54) is 21.5 Å². The fourth-order valence-corrected chi connectivity index (χ4v) is 3.40. The van der Waals surface area contributed by atoms with Crippen LogP contribution in [0.5, 0.6) is 0 Å². The Morgan fingerprint density at radius 1 is 0.593 bits per heavy atom. The predicted octanol–water partition coefficient (Wildman–Crippen LogP) is 6.10. The first kappa shape index (κ1) is 15.5. The van der Waals surface area contributed by atoms with Gasteiger partial charge in [0, 0.05) is 33.3 Å². The zero-order valence-electron chi connectivity index (χ0n) is 14.6. The summed E-state index contributed by atoms with van der Waals surface area (Å²) >= 11 is 0. The summed E-state index contributed by atoms with van der Waals surface area (Å²) in [5.41, 5.74) is 4.23. The number of aromatic amines is 1. The van der Waals surface area contributed by atoms with Gasteiger partial charge in [0.15, 0.2) is 0 Å². The highest BCUT2D eigenvalue weighted by Crippen LogP contribution is 2.22. The van der Waals surface area contributed by atoms with E-state index in [1.54, 1.807) is 6.20 Å². The van der Waals surface area contributed by atoms with E-state index in [9.17, 15) is 0 Å². The van der Waals surface area contributed by atoms with Crippen molar-refractivity contribution in [1.82, 2.24) is 15.0 Å². The number of aromatic nitrogens is 3. The van der Waals surface area contributed by atoms with Gasteiger partial charge in [-0.05, 0) is 36.4 Å². The minimum absolute atomic E-state index is 0.962. The minimum Gasteiger partial charge on any atom is -0.339 e. The lowest BCUT2D eigenvalue weighted by atomic mass is 10.1. The Morgan fingerprint density at radius 3 is 2.00 bits per heavy atom. The van der Waals surface area contributed by atoms with Gasteiger partial charge < -0.3 is 4.98 Å². The summed E-state index contributed by atoms with van der Waals surface area (Å²) < 4.78 is 0. The second kappa shape index (κ2) is 6.54. The van der Waals surface area contributed by atoms with E-state index in [4.69, 9.17) is 0 Å². The maximum atomic E-state index is 4.58. The van der Waals surface area contributed by atoms with Gasteiger partial charge >= 0.3 is 0 Å². The van der Waals surface area contributed by atoms with Crippen molar-refractivity contribution in [1.29, 1.82) is 0 Å². The van der Waals surface area contributed by atoms with Crippen LogP contribution in [0.4, 0.5) is 0 Å². The fraction of sp³-hybridized carbons (Fsp3) is 0. The van der Waals surface area contributed by atoms with E-state index in [-0.39, 0.29) is 0 Å². The molecule has 0 amide bonds. The van der Waals surface area contributed by atoms with E-state index < -0.39 is 0 Å². The molecule has 0 fully saturated rings. The van der Waals surface area contributed by atoms with Crippen LogP contribution in [0.25, 0.3) is 43.7 Å². The molecule has 3 nitrogen and oxygen atoms in total. The summed E-state index contributed by atoms with van der Waals surface area (Å²) in [4.78, 5) is 12.1. The molecule has 0 unspecified atom stereocenters. The highest BCUT2D eigenvalue weighted by Gasteiger charge is 2.01. The number of pyridine rings is 2. The summed E-state index contributed by atoms with van der Waals surface area (Å²) in [6.45, 7) is 0. The van der Waals surface area contributed by atoms with E-state index in [2.05, 4.69) is 51.4 Å². The molecule has 27 heavy (non-hydrogen) atoms. The van der Waals surface area contributed by atoms with Gasteiger partial charge in [0.05, 0.1) is 11.0 Å². The quantitative estimate of drug-likeness (QED) is 0.337. The topological polar surface area (TPSA) is 41.6 Å². The van der Waals surface area contributed by atoms with Crippen LogP contribution in [-0.4, -0.2) is 15.0 Å². The van der Waals surface area contributed by atoms with Gasteiger partial charge in [-0.2, -0.15) is 0 Å². The van der Waals surface area contributed by atoms with Crippen molar-refractivity contribution in [3.05, 3.63) is 97.2 Å². The fourth-order valence-electron chi connectivity index (χ4n) is 3.40. The highest BCUT2D eigenvalue weighted by atomic mass is 14.8. The Kier molecular flexibility index (Phi) is 3.76. The van der Waals surface area contributed by atoms with Gasteiger partial charge in [-0.3, -0.25) is 0 Å². The van der Waals surface area contributed by atoms with E-state index in [1.807, 2.05) is 54.6 Å². The van der Waals surface area contributed by atoms with Gasteiger partial charge in [-0.1, -0.05) is 54.6 Å². The third kappa shape index (κ3) is 2.89. The zero-order valence-corrected chi connectivity index (χ0v) is 14.6. The second-order valence-electron chi connectivity index (χ2n) is 6.44. The molecule has 3 heteroatoms. The Balaban J connectivity index is 0.000000119. The van der Waals surface area contributed by atoms with Crippen LogP contribution in [0.15, 0.2) is 97.2 Å². The van der Waals surface area contributed by atoms with Crippen LogP contribution in [0.2, 0.25) is 0 Å². The lowest BCUT2D eigenvalue weighted by molar-refractivity contribution is 1.35. The number of hydrogen-bond acceptors (Lipinski definition) is 2. The van der Waals surface area contributed by atoms with Crippen LogP contribution in [0, 0.1) is 0 Å². The number of H-pyrrole nitrogens is 1. The van der Waals surface area contributed by atoms with Crippen molar-refractivity contribution in [2.24, 2.45) is 0 Å². The first-order valence-electron chi connectivity index (χ1n) is 8.94. The van der Waals surface area contributed by atoms with E-state index in [0.717, 1.165) is 22.2 Å². The molecular formula is C24H17N3. The Morgan fingerprint density at radius 2 is 1.22 bits per heavy atom. The normalized spacial score (nSPS) is 11.0. The molecule has 1 N–H and O–H groups in total. The molecule has 0 radical (unpaired) electrons. The summed E-state index contributed by atoms with van der Waals surface area (Å²) in [6, 6.07) is 30.9. The number of nitrogens with zero attached hydrogens (tertiary/aromatic N) is 2. The number of fused-ring (bicyclic) bond motifs is 5. The summed E-state index contributed by atoms with van der Waals surface area (Å²) in [5.74, 6) is 0. The molecule has 3 aromatic carbocycles. The number of para-hydroxylation sites is 3. The molecular weight excluding hydrogens is 330 g/mol. The third-order valence-electron chi connectivity index (χ3n) is 4.70. The average Bonchev–Trinajstić information content (AvgIpc) is 3.11. The summed E-state index contributed by atoms with van der Waals surface area (Å²) in [5, 5.41) is 4.83. The van der Waals surface area contributed by atoms with Crippen LogP contribution in [-0.2, 0) is 0 Å². The predicted molar refractivity (Wildman–Crippen MR) is 113 cm³/mol. The Labute approximate surface area is 156 Å². The maximum Gasteiger partial charge on any atom is 0.138 e. The zero-order chi connectivity index (χ0) is 18.1. The van der Waals surface area contributed by atoms with Crippen LogP contribution in [0.1, 0.15) is 0 Å². The second-order valence-corrected chi connectivity index (χ2v) is 6.44. The van der Waals surface area contributed by atoms with Crippen molar-refractivity contribution in [3.63, 3.8) is 0 Å². The Hall–Kier alpha value is -3.72. The molecule has 0 saturated heterocycles. The number of benzene rings is 3. The third-order valence-corrected chi connectivity index (χ3v) is 4.70. The Bertz CT molecular complexity index is 1230. The summed E-state index contributed by atoms with van der Waals surface area (Å²) in [7, 11) is 0. The molecule has 128 valence electrons. The highest BCUT2D eigenvalue weighted by molar-refractivity contribution is 6.05. The van der Waals surface area contributed by atoms with Crippen molar-refractivity contribution in [2.75, 3.05) is 0 Å². The van der Waals surface area contributed by atoms with Gasteiger partial charge in [0.2, 0.25) is 0 Å². The van der Waals surface area contributed by atoms with Crippen molar-refractivity contribution >= 4 is 43.7 Å². The molecule has 0 saturated carbocycles. The van der Waals surface area contributed by atoms with E-state index >= 15 is 0 Å². The lowest BCUT2D eigenvalue weighted by Gasteiger charge is -1.99. The minimum atomic E-state index is 0.962. The molecule has 0 aliphatic rings. The molecule has 3 aromatic heterocycles. The molecule has 6 rings (SSSR count). The van der Waals surface area contributed by atoms with Crippen molar-refractivity contribution in [2.45, 2.75) is 0 Å². The molecule has 0 spiro atoms. The van der Waals surface area contributed by atoms with Gasteiger partial charge in [-0.15, -0.1) is 0 Å². The number of nitrogens with one attached hydrogen (secondary N) is 1. The first-order chi connectivity index (χ1) is 13.4. The largest absolute Gasteiger partial charge is 0.339 e. The van der Waals surface area contributed by atoms with Gasteiger partial charge in [0.1, 0.15) is 5.65 Å². The lowest BCUT2D eigenvalue weighted by Crippen LogP contribution is -1.80. The monoisotopic (exact) mass is 347 g/mol. The molecule has 0 bridgehead atoms. The number of hydrogen-bond donors (Lipinski definition) is 1. The SMILES string of the molecule is c1ccc2c(c1)[nH]c1ncccc12.c1ccc2nc3ccccc3cc2c1. The van der Waals surface area contributed by atoms with Gasteiger partial charge in [0.25, 0.3) is 0 Å². The standard InChI is InChI=1S/C13H9N.C11H8N2/c1-3-7-12-10(5-1)9-11-6-2-4-8-13(11)14-12;1-2-6-10-8(4-1)9-5-3-7-12-11(9)13-10/h1-9H;1-7H,(H,12,13). The smallest absolute Gasteiger partial charge is 0.138 e. The average molecular weight is 347 g/mol. The number of rotatable bonds is 0. The summed E-state index contributed by atoms with van der Waals surface area (Å²) in [6.07, 6.45) is 1.80.